The lowest BCUT2D eigenvalue weighted by Crippen LogP contribution is -1.93. The fourth-order valence-corrected chi connectivity index (χ4v) is 1.40. The van der Waals surface area contributed by atoms with Gasteiger partial charge in [-0.2, -0.15) is 0 Å². The molecular formula is C7H10N2OS. The maximum atomic E-state index is 10.6. The predicted octanol–water partition coefficient (Wildman–Crippen LogP) is 1.37. The van der Waals surface area contributed by atoms with Gasteiger partial charge in [0.05, 0.1) is 5.69 Å². The Morgan fingerprint density at radius 2 is 2.36 bits per heavy atom. The number of aryl methyl sites for hydroxylation is 2. The van der Waals surface area contributed by atoms with Crippen LogP contribution in [0.25, 0.3) is 0 Å². The molecule has 0 radical (unpaired) electrons. The van der Waals surface area contributed by atoms with Crippen molar-refractivity contribution in [3.8, 4) is 0 Å². The molecule has 11 heavy (non-hydrogen) atoms. The van der Waals surface area contributed by atoms with Gasteiger partial charge >= 0.3 is 0 Å². The first-order chi connectivity index (χ1) is 5.20. The predicted molar refractivity (Wildman–Crippen MR) is 43.6 cm³/mol. The summed E-state index contributed by atoms with van der Waals surface area (Å²) in [6, 6.07) is 0. The first-order valence-corrected chi connectivity index (χ1v) is 4.24. The number of carbonyl (C=O) groups excluding carboxylic acids is 1. The molecule has 0 saturated heterocycles. The van der Waals surface area contributed by atoms with E-state index in [0.29, 0.717) is 6.42 Å². The van der Waals surface area contributed by atoms with E-state index < -0.39 is 0 Å². The molecule has 1 rings (SSSR count). The summed E-state index contributed by atoms with van der Waals surface area (Å²) in [5.41, 5.74) is 0.955. The van der Waals surface area contributed by atoms with Crippen molar-refractivity contribution in [1.29, 1.82) is 0 Å². The molecule has 3 nitrogen and oxygen atoms in total. The molecule has 0 fully saturated rings. The summed E-state index contributed by atoms with van der Waals surface area (Å²) in [5.74, 6) is 0.220. The van der Waals surface area contributed by atoms with Gasteiger partial charge in [0.25, 0.3) is 0 Å². The van der Waals surface area contributed by atoms with Crippen molar-refractivity contribution in [3.63, 3.8) is 0 Å². The lowest BCUT2D eigenvalue weighted by Gasteiger charge is -1.92. The van der Waals surface area contributed by atoms with Crippen molar-refractivity contribution >= 4 is 17.3 Å². The van der Waals surface area contributed by atoms with Gasteiger partial charge in [-0.1, -0.05) is 4.49 Å². The molecule has 0 unspecified atom stereocenters. The van der Waals surface area contributed by atoms with Gasteiger partial charge in [0.1, 0.15) is 5.78 Å². The third kappa shape index (κ3) is 2.38. The van der Waals surface area contributed by atoms with Gasteiger partial charge in [0.15, 0.2) is 0 Å². The van der Waals surface area contributed by atoms with Crippen molar-refractivity contribution < 1.29 is 4.79 Å². The van der Waals surface area contributed by atoms with Gasteiger partial charge in [-0.3, -0.25) is 0 Å². The van der Waals surface area contributed by atoms with E-state index >= 15 is 0 Å². The second-order valence-corrected chi connectivity index (χ2v) is 3.32. The molecule has 0 aromatic carbocycles. The van der Waals surface area contributed by atoms with Crippen LogP contribution in [0.3, 0.4) is 0 Å². The highest BCUT2D eigenvalue weighted by Crippen LogP contribution is 2.11. The smallest absolute Gasteiger partial charge is 0.130 e. The molecule has 0 spiro atoms. The number of ketones is 1. The van der Waals surface area contributed by atoms with Crippen molar-refractivity contribution in [2.75, 3.05) is 0 Å². The van der Waals surface area contributed by atoms with Gasteiger partial charge < -0.3 is 4.79 Å². The SMILES string of the molecule is CC(=O)CCc1snnc1C. The fraction of sp³-hybridized carbons (Fsp3) is 0.571. The summed E-state index contributed by atoms with van der Waals surface area (Å²) in [4.78, 5) is 11.7. The summed E-state index contributed by atoms with van der Waals surface area (Å²) >= 11 is 1.38. The number of nitrogens with zero attached hydrogens (tertiary/aromatic N) is 2. The number of rotatable bonds is 3. The van der Waals surface area contributed by atoms with E-state index in [0.717, 1.165) is 17.0 Å². The number of aromatic nitrogens is 2. The van der Waals surface area contributed by atoms with Crippen LogP contribution in [0.15, 0.2) is 0 Å². The third-order valence-corrected chi connectivity index (χ3v) is 2.33. The summed E-state index contributed by atoms with van der Waals surface area (Å²) in [6.45, 7) is 3.52. The Balaban J connectivity index is 2.51. The van der Waals surface area contributed by atoms with Crippen molar-refractivity contribution in [1.82, 2.24) is 9.59 Å². The monoisotopic (exact) mass is 170 g/mol. The normalized spacial score (nSPS) is 10.0. The zero-order valence-electron chi connectivity index (χ0n) is 6.63. The Labute approximate surface area is 69.6 Å². The van der Waals surface area contributed by atoms with Crippen LogP contribution in [0.1, 0.15) is 23.9 Å². The average Bonchev–Trinajstić information content (AvgIpc) is 2.31. The van der Waals surface area contributed by atoms with Gasteiger partial charge in [0, 0.05) is 11.3 Å². The van der Waals surface area contributed by atoms with E-state index in [1.165, 1.54) is 11.5 Å². The van der Waals surface area contributed by atoms with E-state index in [4.69, 9.17) is 0 Å². The maximum Gasteiger partial charge on any atom is 0.130 e. The van der Waals surface area contributed by atoms with Crippen molar-refractivity contribution in [2.24, 2.45) is 0 Å². The van der Waals surface area contributed by atoms with Crippen LogP contribution >= 0.6 is 11.5 Å². The zero-order valence-corrected chi connectivity index (χ0v) is 7.44. The molecule has 60 valence electrons. The third-order valence-electron chi connectivity index (χ3n) is 1.45. The zero-order chi connectivity index (χ0) is 8.27. The topological polar surface area (TPSA) is 42.9 Å². The van der Waals surface area contributed by atoms with Gasteiger partial charge in [-0.25, -0.2) is 0 Å². The number of Topliss-reactive ketones (excluding diaryl/α,β-unsaturated/α-hetero) is 1. The molecule has 0 bridgehead atoms. The molecule has 0 atom stereocenters. The Hall–Kier alpha value is -0.770. The van der Waals surface area contributed by atoms with Crippen LogP contribution in [0.2, 0.25) is 0 Å². The average molecular weight is 170 g/mol. The van der Waals surface area contributed by atoms with Crippen LogP contribution in [0.4, 0.5) is 0 Å². The highest BCUT2D eigenvalue weighted by molar-refractivity contribution is 7.05. The molecule has 0 amide bonds. The molecule has 0 saturated carbocycles. The first-order valence-electron chi connectivity index (χ1n) is 3.47. The van der Waals surface area contributed by atoms with E-state index in [9.17, 15) is 4.79 Å². The van der Waals surface area contributed by atoms with Gasteiger partial charge in [-0.15, -0.1) is 5.10 Å². The summed E-state index contributed by atoms with van der Waals surface area (Å²) in [7, 11) is 0. The van der Waals surface area contributed by atoms with Gasteiger partial charge in [-0.05, 0) is 31.8 Å². The van der Waals surface area contributed by atoms with E-state index in [-0.39, 0.29) is 5.78 Å². The lowest BCUT2D eigenvalue weighted by atomic mass is 10.2. The molecule has 1 aromatic rings. The molecular weight excluding hydrogens is 160 g/mol. The Kier molecular flexibility index (Phi) is 2.70. The molecule has 0 aliphatic carbocycles. The fourth-order valence-electron chi connectivity index (χ4n) is 0.769. The summed E-state index contributed by atoms with van der Waals surface area (Å²) in [6.07, 6.45) is 1.39. The highest BCUT2D eigenvalue weighted by atomic mass is 32.1. The maximum absolute atomic E-state index is 10.6. The minimum atomic E-state index is 0.220. The van der Waals surface area contributed by atoms with Crippen LogP contribution in [-0.4, -0.2) is 15.4 Å². The Bertz CT molecular complexity index is 257. The van der Waals surface area contributed by atoms with E-state index in [1.54, 1.807) is 6.92 Å². The standard InChI is InChI=1S/C7H10N2OS/c1-5(10)3-4-7-6(2)8-9-11-7/h3-4H2,1-2H3. The number of carbonyl (C=O) groups is 1. The molecule has 1 heterocycles. The number of hydrogen-bond acceptors (Lipinski definition) is 4. The largest absolute Gasteiger partial charge is 0.300 e. The number of hydrogen-bond donors (Lipinski definition) is 0. The van der Waals surface area contributed by atoms with Crippen LogP contribution in [0, 0.1) is 6.92 Å². The molecule has 0 aliphatic rings. The highest BCUT2D eigenvalue weighted by Gasteiger charge is 2.03. The van der Waals surface area contributed by atoms with Crippen molar-refractivity contribution in [3.05, 3.63) is 10.6 Å². The van der Waals surface area contributed by atoms with Gasteiger partial charge in [0.2, 0.25) is 0 Å². The molecule has 0 N–H and O–H groups in total. The summed E-state index contributed by atoms with van der Waals surface area (Å²) in [5, 5.41) is 3.85. The first kappa shape index (κ1) is 8.33. The second kappa shape index (κ2) is 3.57. The van der Waals surface area contributed by atoms with Crippen molar-refractivity contribution in [2.45, 2.75) is 26.7 Å². The van der Waals surface area contributed by atoms with Crippen LogP contribution in [0.5, 0.6) is 0 Å². The quantitative estimate of drug-likeness (QED) is 0.688. The lowest BCUT2D eigenvalue weighted by molar-refractivity contribution is -0.116. The molecule has 4 heteroatoms. The Morgan fingerprint density at radius 3 is 2.82 bits per heavy atom. The molecule has 1 aromatic heterocycles. The minimum absolute atomic E-state index is 0.220. The minimum Gasteiger partial charge on any atom is -0.300 e. The van der Waals surface area contributed by atoms with Crippen LogP contribution < -0.4 is 0 Å². The Morgan fingerprint density at radius 1 is 1.64 bits per heavy atom. The summed E-state index contributed by atoms with van der Waals surface area (Å²) < 4.78 is 3.78. The van der Waals surface area contributed by atoms with E-state index in [1.807, 2.05) is 6.92 Å². The van der Waals surface area contributed by atoms with Crippen LogP contribution in [-0.2, 0) is 11.2 Å². The molecule has 0 aliphatic heterocycles. The van der Waals surface area contributed by atoms with E-state index in [2.05, 4.69) is 9.59 Å². The second-order valence-electron chi connectivity index (χ2n) is 2.48.